The van der Waals surface area contributed by atoms with Crippen LogP contribution in [0.2, 0.25) is 5.02 Å². The first-order chi connectivity index (χ1) is 12.8. The van der Waals surface area contributed by atoms with Crippen molar-refractivity contribution in [2.45, 2.75) is 25.8 Å². The molecule has 0 aromatic heterocycles. The van der Waals surface area contributed by atoms with E-state index >= 15 is 0 Å². The maximum absolute atomic E-state index is 14.0. The second-order valence-corrected chi connectivity index (χ2v) is 7.22. The molecule has 0 unspecified atom stereocenters. The molecule has 5 nitrogen and oxygen atoms in total. The molecular weight excluding hydrogens is 371 g/mol. The van der Waals surface area contributed by atoms with E-state index in [4.69, 9.17) is 17.3 Å². The molecular formula is C20H22ClFN2O3. The van der Waals surface area contributed by atoms with Crippen LogP contribution in [0.1, 0.15) is 18.9 Å². The number of rotatable bonds is 9. The number of carbonyl (C=O) groups excluding carboxylic acids is 1. The molecule has 0 aliphatic rings. The number of carboxylic acids is 1. The van der Waals surface area contributed by atoms with Crippen LogP contribution in [0.4, 0.5) is 4.39 Å². The van der Waals surface area contributed by atoms with Gasteiger partial charge in [0.1, 0.15) is 5.82 Å². The largest absolute Gasteiger partial charge is 0.481 e. The number of benzene rings is 2. The zero-order valence-corrected chi connectivity index (χ0v) is 15.7. The van der Waals surface area contributed by atoms with Gasteiger partial charge in [0.2, 0.25) is 6.41 Å². The van der Waals surface area contributed by atoms with Crippen LogP contribution in [-0.4, -0.2) is 30.1 Å². The molecule has 0 radical (unpaired) electrons. The number of amides is 1. The van der Waals surface area contributed by atoms with Crippen LogP contribution >= 0.6 is 11.6 Å². The molecule has 2 aromatic rings. The van der Waals surface area contributed by atoms with Crippen molar-refractivity contribution in [1.82, 2.24) is 5.32 Å². The molecule has 0 heterocycles. The van der Waals surface area contributed by atoms with Gasteiger partial charge in [0.05, 0.1) is 5.41 Å². The van der Waals surface area contributed by atoms with Gasteiger partial charge in [-0.2, -0.15) is 0 Å². The normalized spacial score (nSPS) is 14.2. The minimum atomic E-state index is -1.13. The molecule has 0 spiro atoms. The summed E-state index contributed by atoms with van der Waals surface area (Å²) in [6, 6.07) is 11.1. The standard InChI is InChI=1S/C20H22ClFN2O3/c1-20(11-23,19(26)27)10-16(24-12-25)8-13-2-4-14(5-3-13)17-9-15(21)6-7-18(17)22/h2-7,9,12,16H,8,10-11,23H2,1H3,(H,24,25)(H,26,27)/t16-,20+/m1/s1. The number of nitrogens with one attached hydrogen (secondary N) is 1. The van der Waals surface area contributed by atoms with Crippen molar-refractivity contribution in [3.05, 3.63) is 58.9 Å². The minimum absolute atomic E-state index is 0.0354. The van der Waals surface area contributed by atoms with E-state index in [1.165, 1.54) is 12.1 Å². The summed E-state index contributed by atoms with van der Waals surface area (Å²) in [7, 11) is 0. The molecule has 2 aromatic carbocycles. The van der Waals surface area contributed by atoms with Crippen molar-refractivity contribution >= 4 is 24.0 Å². The number of carboxylic acid groups (broad SMARTS) is 1. The molecule has 144 valence electrons. The Kier molecular flexibility index (Phi) is 6.93. The third-order valence-corrected chi connectivity index (χ3v) is 4.88. The quantitative estimate of drug-likeness (QED) is 0.571. The highest BCUT2D eigenvalue weighted by atomic mass is 35.5. The first-order valence-electron chi connectivity index (χ1n) is 8.46. The van der Waals surface area contributed by atoms with Gasteiger partial charge in [0, 0.05) is 23.2 Å². The fraction of sp³-hybridized carbons (Fsp3) is 0.300. The molecule has 0 saturated carbocycles. The maximum atomic E-state index is 14.0. The van der Waals surface area contributed by atoms with Crippen molar-refractivity contribution in [3.8, 4) is 11.1 Å². The van der Waals surface area contributed by atoms with E-state index in [1.54, 1.807) is 25.1 Å². The van der Waals surface area contributed by atoms with E-state index in [1.807, 2.05) is 12.1 Å². The van der Waals surface area contributed by atoms with Crippen molar-refractivity contribution in [2.75, 3.05) is 6.54 Å². The number of nitrogens with two attached hydrogens (primary N) is 1. The van der Waals surface area contributed by atoms with E-state index in [2.05, 4.69) is 5.32 Å². The molecule has 0 aliphatic carbocycles. The van der Waals surface area contributed by atoms with Gasteiger partial charge in [-0.05, 0) is 49.1 Å². The van der Waals surface area contributed by atoms with Gasteiger partial charge in [0.25, 0.3) is 0 Å². The Morgan fingerprint density at radius 3 is 2.56 bits per heavy atom. The van der Waals surface area contributed by atoms with E-state index < -0.39 is 11.4 Å². The number of aliphatic carboxylic acids is 1. The van der Waals surface area contributed by atoms with Crippen molar-refractivity contribution in [1.29, 1.82) is 0 Å². The third-order valence-electron chi connectivity index (χ3n) is 4.64. The average Bonchev–Trinajstić information content (AvgIpc) is 2.64. The molecule has 7 heteroatoms. The summed E-state index contributed by atoms with van der Waals surface area (Å²) in [5, 5.41) is 12.5. The molecule has 0 saturated heterocycles. The predicted molar refractivity (Wildman–Crippen MR) is 103 cm³/mol. The van der Waals surface area contributed by atoms with Crippen LogP contribution in [-0.2, 0) is 16.0 Å². The van der Waals surface area contributed by atoms with Crippen LogP contribution in [0.25, 0.3) is 11.1 Å². The number of halogens is 2. The molecule has 4 N–H and O–H groups in total. The minimum Gasteiger partial charge on any atom is -0.481 e. The molecule has 0 bridgehead atoms. The Bertz CT molecular complexity index is 813. The van der Waals surface area contributed by atoms with Gasteiger partial charge in [-0.25, -0.2) is 4.39 Å². The van der Waals surface area contributed by atoms with Gasteiger partial charge >= 0.3 is 5.97 Å². The van der Waals surface area contributed by atoms with Crippen LogP contribution in [0, 0.1) is 11.2 Å². The molecule has 2 rings (SSSR count). The van der Waals surface area contributed by atoms with Crippen LogP contribution < -0.4 is 11.1 Å². The summed E-state index contributed by atoms with van der Waals surface area (Å²) in [5.74, 6) is -1.37. The summed E-state index contributed by atoms with van der Waals surface area (Å²) >= 11 is 5.94. The van der Waals surface area contributed by atoms with Gasteiger partial charge in [-0.3, -0.25) is 9.59 Å². The predicted octanol–water partition coefficient (Wildman–Crippen LogP) is 3.24. The molecule has 0 aliphatic heterocycles. The second-order valence-electron chi connectivity index (χ2n) is 6.78. The Labute approximate surface area is 162 Å². The van der Waals surface area contributed by atoms with E-state index in [0.717, 1.165) is 5.56 Å². The fourth-order valence-electron chi connectivity index (χ4n) is 2.91. The summed E-state index contributed by atoms with van der Waals surface area (Å²) < 4.78 is 14.0. The number of hydrogen-bond donors (Lipinski definition) is 3. The lowest BCUT2D eigenvalue weighted by molar-refractivity contribution is -0.148. The number of carbonyl (C=O) groups is 2. The third kappa shape index (κ3) is 5.28. The summed E-state index contributed by atoms with van der Waals surface area (Å²) in [4.78, 5) is 22.4. The number of hydrogen-bond acceptors (Lipinski definition) is 3. The van der Waals surface area contributed by atoms with Gasteiger partial charge in [-0.1, -0.05) is 35.9 Å². The van der Waals surface area contributed by atoms with Gasteiger partial charge in [-0.15, -0.1) is 0 Å². The van der Waals surface area contributed by atoms with E-state index in [-0.39, 0.29) is 24.8 Å². The summed E-state index contributed by atoms with van der Waals surface area (Å²) in [5.41, 5.74) is 6.44. The first-order valence-corrected chi connectivity index (χ1v) is 8.84. The topological polar surface area (TPSA) is 92.4 Å². The van der Waals surface area contributed by atoms with Crippen LogP contribution in [0.3, 0.4) is 0 Å². The van der Waals surface area contributed by atoms with Crippen LogP contribution in [0.5, 0.6) is 0 Å². The van der Waals surface area contributed by atoms with Crippen LogP contribution in [0.15, 0.2) is 42.5 Å². The van der Waals surface area contributed by atoms with Gasteiger partial charge in [0.15, 0.2) is 0 Å². The van der Waals surface area contributed by atoms with Crippen molar-refractivity contribution in [3.63, 3.8) is 0 Å². The fourth-order valence-corrected chi connectivity index (χ4v) is 3.08. The molecule has 2 atom stereocenters. The highest BCUT2D eigenvalue weighted by molar-refractivity contribution is 6.30. The molecule has 0 fully saturated rings. The Morgan fingerprint density at radius 1 is 1.33 bits per heavy atom. The molecule has 1 amide bonds. The second kappa shape index (κ2) is 8.97. The maximum Gasteiger partial charge on any atom is 0.310 e. The first kappa shape index (κ1) is 20.9. The van der Waals surface area contributed by atoms with Gasteiger partial charge < -0.3 is 16.2 Å². The lowest BCUT2D eigenvalue weighted by Crippen LogP contribution is -2.43. The summed E-state index contributed by atoms with van der Waals surface area (Å²) in [6.07, 6.45) is 1.18. The Balaban J connectivity index is 2.18. The Morgan fingerprint density at radius 2 is 2.00 bits per heavy atom. The van der Waals surface area contributed by atoms with E-state index in [9.17, 15) is 19.1 Å². The highest BCUT2D eigenvalue weighted by Gasteiger charge is 2.34. The summed E-state index contributed by atoms with van der Waals surface area (Å²) in [6.45, 7) is 1.52. The zero-order valence-electron chi connectivity index (χ0n) is 14.9. The molecule has 27 heavy (non-hydrogen) atoms. The smallest absolute Gasteiger partial charge is 0.310 e. The van der Waals surface area contributed by atoms with Crippen molar-refractivity contribution in [2.24, 2.45) is 11.1 Å². The highest BCUT2D eigenvalue weighted by Crippen LogP contribution is 2.27. The monoisotopic (exact) mass is 392 g/mol. The van der Waals surface area contributed by atoms with Crippen molar-refractivity contribution < 1.29 is 19.1 Å². The Hall–Kier alpha value is -2.44. The average molecular weight is 393 g/mol. The lowest BCUT2D eigenvalue weighted by atomic mass is 9.82. The SMILES string of the molecule is C[C@@](CN)(C[C@@H](Cc1ccc(-c2cc(Cl)ccc2F)cc1)NC=O)C(=O)O. The van der Waals surface area contributed by atoms with E-state index in [0.29, 0.717) is 29.0 Å². The lowest BCUT2D eigenvalue weighted by Gasteiger charge is -2.28. The zero-order chi connectivity index (χ0) is 20.0.